The maximum Gasteiger partial charge on any atom is 0.157 e. The molecule has 1 fully saturated rings. The second-order valence-corrected chi connectivity index (χ2v) is 6.84. The topological polar surface area (TPSA) is 47.9 Å². The third-order valence-electron chi connectivity index (χ3n) is 4.45. The predicted molar refractivity (Wildman–Crippen MR) is 104 cm³/mol. The molecule has 1 aliphatic rings. The van der Waals surface area contributed by atoms with E-state index in [1.807, 2.05) is 12.1 Å². The van der Waals surface area contributed by atoms with Crippen molar-refractivity contribution in [1.82, 2.24) is 0 Å². The Labute approximate surface area is 165 Å². The molecule has 2 atom stereocenters. The molecule has 2 aromatic carbocycles. The predicted octanol–water partition coefficient (Wildman–Crippen LogP) is 4.76. The molecule has 0 amide bonds. The van der Waals surface area contributed by atoms with Crippen LogP contribution in [0.5, 0.6) is 11.5 Å². The van der Waals surface area contributed by atoms with Crippen LogP contribution in [0.1, 0.15) is 38.2 Å². The molecule has 0 aliphatic carbocycles. The van der Waals surface area contributed by atoms with Gasteiger partial charge in [-0.3, -0.25) is 0 Å². The summed E-state index contributed by atoms with van der Waals surface area (Å²) in [7, 11) is 0. The van der Waals surface area contributed by atoms with Gasteiger partial charge in [0, 0.05) is 18.6 Å². The van der Waals surface area contributed by atoms with Crippen LogP contribution in [0.25, 0.3) is 0 Å². The van der Waals surface area contributed by atoms with Crippen molar-refractivity contribution < 1.29 is 23.7 Å². The zero-order chi connectivity index (χ0) is 19.8. The maximum absolute atomic E-state index is 13.1. The minimum Gasteiger partial charge on any atom is -0.457 e. The molecule has 3 rings (SSSR count). The van der Waals surface area contributed by atoms with E-state index in [0.717, 1.165) is 25.9 Å². The van der Waals surface area contributed by atoms with Gasteiger partial charge in [0.25, 0.3) is 0 Å². The Morgan fingerprint density at radius 1 is 1.18 bits per heavy atom. The summed E-state index contributed by atoms with van der Waals surface area (Å²) in [6.45, 7) is 2.83. The van der Waals surface area contributed by atoms with Crippen LogP contribution in [-0.2, 0) is 15.1 Å². The number of hydrogen-bond donors (Lipinski definition) is 1. The highest BCUT2D eigenvalue weighted by molar-refractivity contribution is 5.44. The summed E-state index contributed by atoms with van der Waals surface area (Å²) in [5.74, 6) is 6.49. The first-order valence-electron chi connectivity index (χ1n) is 9.53. The molecule has 148 valence electrons. The van der Waals surface area contributed by atoms with Crippen LogP contribution in [0.4, 0.5) is 4.39 Å². The van der Waals surface area contributed by atoms with E-state index in [9.17, 15) is 9.50 Å². The SMILES string of the molecule is CC(O)(C#CCCOC1CCCCO1)c1ccccc1Oc1ccc(F)cc1. The highest BCUT2D eigenvalue weighted by Crippen LogP contribution is 2.32. The lowest BCUT2D eigenvalue weighted by Crippen LogP contribution is -2.22. The van der Waals surface area contributed by atoms with Crippen LogP contribution in [0.15, 0.2) is 48.5 Å². The first-order chi connectivity index (χ1) is 13.5. The Bertz CT molecular complexity index is 814. The number of hydrogen-bond acceptors (Lipinski definition) is 4. The van der Waals surface area contributed by atoms with Gasteiger partial charge in [-0.25, -0.2) is 4.39 Å². The second kappa shape index (κ2) is 9.70. The van der Waals surface area contributed by atoms with Crippen LogP contribution in [-0.4, -0.2) is 24.6 Å². The molecular formula is C23H25FO4. The fraction of sp³-hybridized carbons (Fsp3) is 0.391. The summed E-state index contributed by atoms with van der Waals surface area (Å²) in [6.07, 6.45) is 3.48. The minimum absolute atomic E-state index is 0.138. The van der Waals surface area contributed by atoms with E-state index >= 15 is 0 Å². The second-order valence-electron chi connectivity index (χ2n) is 6.84. The van der Waals surface area contributed by atoms with Crippen LogP contribution >= 0.6 is 0 Å². The molecule has 0 aromatic heterocycles. The molecule has 2 aromatic rings. The van der Waals surface area contributed by atoms with Crippen LogP contribution < -0.4 is 4.74 Å². The normalized spacial score (nSPS) is 18.6. The molecule has 0 spiro atoms. The Hall–Kier alpha value is -2.39. The number of para-hydroxylation sites is 1. The van der Waals surface area contributed by atoms with Gasteiger partial charge in [-0.05, 0) is 56.5 Å². The highest BCUT2D eigenvalue weighted by Gasteiger charge is 2.24. The Kier molecular flexibility index (Phi) is 7.05. The zero-order valence-corrected chi connectivity index (χ0v) is 16.0. The van der Waals surface area contributed by atoms with E-state index < -0.39 is 5.60 Å². The van der Waals surface area contributed by atoms with Crippen molar-refractivity contribution in [3.63, 3.8) is 0 Å². The molecule has 0 bridgehead atoms. The molecule has 1 saturated heterocycles. The lowest BCUT2D eigenvalue weighted by atomic mass is 9.95. The van der Waals surface area contributed by atoms with E-state index in [1.54, 1.807) is 19.1 Å². The molecule has 0 radical (unpaired) electrons. The first-order valence-corrected chi connectivity index (χ1v) is 9.53. The van der Waals surface area contributed by atoms with Crippen molar-refractivity contribution in [1.29, 1.82) is 0 Å². The minimum atomic E-state index is -1.39. The lowest BCUT2D eigenvalue weighted by molar-refractivity contribution is -0.161. The smallest absolute Gasteiger partial charge is 0.157 e. The molecule has 2 unspecified atom stereocenters. The van der Waals surface area contributed by atoms with Crippen molar-refractivity contribution in [2.45, 2.75) is 44.5 Å². The number of benzene rings is 2. The van der Waals surface area contributed by atoms with E-state index in [4.69, 9.17) is 14.2 Å². The van der Waals surface area contributed by atoms with Crippen molar-refractivity contribution in [3.05, 3.63) is 59.9 Å². The standard InChI is InChI=1S/C23H25FO4/c1-23(25,15-5-7-17-27-22-10-4-6-16-26-22)20-8-2-3-9-21(20)28-19-13-11-18(24)12-14-19/h2-3,8-9,11-14,22,25H,4,6-7,10,16-17H2,1H3. The quantitative estimate of drug-likeness (QED) is 0.576. The van der Waals surface area contributed by atoms with Crippen LogP contribution in [0.2, 0.25) is 0 Å². The monoisotopic (exact) mass is 384 g/mol. The van der Waals surface area contributed by atoms with Gasteiger partial charge in [-0.2, -0.15) is 0 Å². The summed E-state index contributed by atoms with van der Waals surface area (Å²) in [4.78, 5) is 0. The van der Waals surface area contributed by atoms with Gasteiger partial charge in [0.2, 0.25) is 0 Å². The largest absolute Gasteiger partial charge is 0.457 e. The van der Waals surface area contributed by atoms with Gasteiger partial charge in [-0.1, -0.05) is 30.0 Å². The number of halogens is 1. The summed E-state index contributed by atoms with van der Waals surface area (Å²) >= 11 is 0. The van der Waals surface area contributed by atoms with Gasteiger partial charge in [0.15, 0.2) is 11.9 Å². The Morgan fingerprint density at radius 3 is 2.71 bits per heavy atom. The first kappa shape index (κ1) is 20.3. The van der Waals surface area contributed by atoms with Crippen molar-refractivity contribution in [2.75, 3.05) is 13.2 Å². The molecule has 1 N–H and O–H groups in total. The average Bonchev–Trinajstić information content (AvgIpc) is 2.70. The molecule has 0 saturated carbocycles. The summed E-state index contributed by atoms with van der Waals surface area (Å²) in [5, 5.41) is 10.9. The Balaban J connectivity index is 1.62. The van der Waals surface area contributed by atoms with Crippen molar-refractivity contribution in [2.24, 2.45) is 0 Å². The molecule has 28 heavy (non-hydrogen) atoms. The number of rotatable bonds is 6. The lowest BCUT2D eigenvalue weighted by Gasteiger charge is -2.22. The Morgan fingerprint density at radius 2 is 1.96 bits per heavy atom. The van der Waals surface area contributed by atoms with Gasteiger partial charge in [-0.15, -0.1) is 0 Å². The maximum atomic E-state index is 13.1. The van der Waals surface area contributed by atoms with E-state index in [0.29, 0.717) is 30.1 Å². The molecular weight excluding hydrogens is 359 g/mol. The van der Waals surface area contributed by atoms with Crippen LogP contribution in [0, 0.1) is 17.7 Å². The van der Waals surface area contributed by atoms with Gasteiger partial charge >= 0.3 is 0 Å². The van der Waals surface area contributed by atoms with Gasteiger partial charge in [0.05, 0.1) is 6.61 Å². The third-order valence-corrected chi connectivity index (χ3v) is 4.45. The average molecular weight is 384 g/mol. The molecule has 1 aliphatic heterocycles. The molecule has 1 heterocycles. The van der Waals surface area contributed by atoms with Crippen LogP contribution in [0.3, 0.4) is 0 Å². The zero-order valence-electron chi connectivity index (χ0n) is 16.0. The summed E-state index contributed by atoms with van der Waals surface area (Å²) in [6, 6.07) is 12.9. The van der Waals surface area contributed by atoms with E-state index in [-0.39, 0.29) is 12.1 Å². The summed E-state index contributed by atoms with van der Waals surface area (Å²) in [5.41, 5.74) is -0.846. The van der Waals surface area contributed by atoms with Crippen molar-refractivity contribution >= 4 is 0 Å². The van der Waals surface area contributed by atoms with E-state index in [1.165, 1.54) is 24.3 Å². The highest BCUT2D eigenvalue weighted by atomic mass is 19.1. The van der Waals surface area contributed by atoms with Crippen molar-refractivity contribution in [3.8, 4) is 23.3 Å². The van der Waals surface area contributed by atoms with Gasteiger partial charge in [0.1, 0.15) is 17.3 Å². The van der Waals surface area contributed by atoms with Gasteiger partial charge < -0.3 is 19.3 Å². The fourth-order valence-corrected chi connectivity index (χ4v) is 2.97. The molecule has 5 heteroatoms. The fourth-order valence-electron chi connectivity index (χ4n) is 2.97. The number of ether oxygens (including phenoxy) is 3. The summed E-state index contributed by atoms with van der Waals surface area (Å²) < 4.78 is 30.1. The number of aliphatic hydroxyl groups is 1. The third kappa shape index (κ3) is 5.80. The molecule has 4 nitrogen and oxygen atoms in total. The van der Waals surface area contributed by atoms with E-state index in [2.05, 4.69) is 11.8 Å².